The van der Waals surface area contributed by atoms with Gasteiger partial charge >= 0.3 is 0 Å². The Kier molecular flexibility index (Phi) is 2.71. The molecule has 0 atom stereocenters. The number of piperazine rings is 1. The normalized spacial score (nSPS) is 17.9. The van der Waals surface area contributed by atoms with E-state index in [4.69, 9.17) is 0 Å². The minimum Gasteiger partial charge on any atom is -0.339 e. The van der Waals surface area contributed by atoms with Crippen molar-refractivity contribution in [1.29, 1.82) is 0 Å². The summed E-state index contributed by atoms with van der Waals surface area (Å²) in [5, 5.41) is 8.02. The van der Waals surface area contributed by atoms with Gasteiger partial charge in [-0.15, -0.1) is 10.2 Å². The molecule has 0 radical (unpaired) electrons. The van der Waals surface area contributed by atoms with Crippen molar-refractivity contribution in [3.05, 3.63) is 17.0 Å². The molecule has 90 valence electrons. The molecule has 0 amide bonds. The summed E-state index contributed by atoms with van der Waals surface area (Å²) in [6.07, 6.45) is 3.50. The molecule has 1 saturated heterocycles. The van der Waals surface area contributed by atoms with Crippen molar-refractivity contribution in [3.8, 4) is 0 Å². The molecule has 6 nitrogen and oxygen atoms in total. The largest absolute Gasteiger partial charge is 0.339 e. The van der Waals surface area contributed by atoms with Crippen LogP contribution < -0.4 is 4.90 Å². The topological polar surface area (TPSA) is 49.6 Å². The third-order valence-corrected chi connectivity index (χ3v) is 3.62. The second kappa shape index (κ2) is 4.23. The van der Waals surface area contributed by atoms with Gasteiger partial charge in [-0.05, 0) is 23.0 Å². The molecule has 0 unspecified atom stereocenters. The molecule has 1 aliphatic rings. The van der Waals surface area contributed by atoms with Gasteiger partial charge in [0.05, 0.1) is 4.47 Å². The Morgan fingerprint density at radius 2 is 2.00 bits per heavy atom. The molecule has 2 aromatic heterocycles. The molecule has 3 heterocycles. The van der Waals surface area contributed by atoms with Gasteiger partial charge in [-0.3, -0.25) is 0 Å². The van der Waals surface area contributed by atoms with E-state index in [0.29, 0.717) is 0 Å². The van der Waals surface area contributed by atoms with Crippen LogP contribution in [-0.4, -0.2) is 57.7 Å². The smallest absolute Gasteiger partial charge is 0.212 e. The lowest BCUT2D eigenvalue weighted by Gasteiger charge is -2.33. The molecule has 7 heteroatoms. The molecule has 0 saturated carbocycles. The number of nitrogens with zero attached hydrogens (tertiary/aromatic N) is 6. The second-order valence-electron chi connectivity index (χ2n) is 4.22. The minimum absolute atomic E-state index is 0.814. The quantitative estimate of drug-likeness (QED) is 0.773. The van der Waals surface area contributed by atoms with Crippen LogP contribution in [0, 0.1) is 0 Å². The van der Waals surface area contributed by atoms with Crippen molar-refractivity contribution in [2.24, 2.45) is 0 Å². The van der Waals surface area contributed by atoms with E-state index in [1.54, 1.807) is 12.5 Å². The summed E-state index contributed by atoms with van der Waals surface area (Å²) in [7, 11) is 2.14. The summed E-state index contributed by atoms with van der Waals surface area (Å²) in [4.78, 5) is 9.06. The number of halogens is 1. The Bertz CT molecular complexity index is 531. The Hall–Kier alpha value is -1.21. The van der Waals surface area contributed by atoms with Crippen LogP contribution in [0.4, 0.5) is 5.95 Å². The number of hydrogen-bond donors (Lipinski definition) is 0. The number of hydrogen-bond acceptors (Lipinski definition) is 5. The third kappa shape index (κ3) is 1.89. The van der Waals surface area contributed by atoms with E-state index in [1.807, 2.05) is 4.40 Å². The van der Waals surface area contributed by atoms with Crippen LogP contribution in [0.15, 0.2) is 17.0 Å². The van der Waals surface area contributed by atoms with Crippen LogP contribution in [0.5, 0.6) is 0 Å². The molecule has 0 aromatic carbocycles. The van der Waals surface area contributed by atoms with E-state index in [2.05, 4.69) is 48.0 Å². The van der Waals surface area contributed by atoms with Crippen LogP contribution in [0.25, 0.3) is 5.65 Å². The summed E-state index contributed by atoms with van der Waals surface area (Å²) < 4.78 is 2.79. The highest BCUT2D eigenvalue weighted by atomic mass is 79.9. The summed E-state index contributed by atoms with van der Waals surface area (Å²) in [5.41, 5.74) is 0.814. The summed E-state index contributed by atoms with van der Waals surface area (Å²) >= 11 is 3.43. The Morgan fingerprint density at radius 3 is 2.76 bits per heavy atom. The van der Waals surface area contributed by atoms with Crippen molar-refractivity contribution in [2.45, 2.75) is 0 Å². The minimum atomic E-state index is 0.814. The summed E-state index contributed by atoms with van der Waals surface area (Å²) in [5.74, 6) is 0.918. The lowest BCUT2D eigenvalue weighted by atomic mass is 10.3. The van der Waals surface area contributed by atoms with Gasteiger partial charge in [0.25, 0.3) is 0 Å². The molecule has 1 fully saturated rings. The van der Waals surface area contributed by atoms with Gasteiger partial charge in [-0.25, -0.2) is 9.38 Å². The van der Waals surface area contributed by atoms with Crippen LogP contribution in [0.1, 0.15) is 0 Å². The maximum Gasteiger partial charge on any atom is 0.212 e. The molecule has 0 N–H and O–H groups in total. The maximum atomic E-state index is 4.47. The van der Waals surface area contributed by atoms with Crippen molar-refractivity contribution in [3.63, 3.8) is 0 Å². The Morgan fingerprint density at radius 1 is 1.24 bits per heavy atom. The van der Waals surface area contributed by atoms with Crippen molar-refractivity contribution in [2.75, 3.05) is 38.1 Å². The number of aromatic nitrogens is 4. The Balaban J connectivity index is 2.00. The fraction of sp³-hybridized carbons (Fsp3) is 0.500. The monoisotopic (exact) mass is 296 g/mol. The second-order valence-corrected chi connectivity index (χ2v) is 5.08. The molecule has 1 aliphatic heterocycles. The van der Waals surface area contributed by atoms with E-state index in [9.17, 15) is 0 Å². The highest BCUT2D eigenvalue weighted by Crippen LogP contribution is 2.20. The SMILES string of the molecule is CN1CCN(c2ncc(Br)c3nncn23)CC1. The zero-order valence-electron chi connectivity index (χ0n) is 9.54. The van der Waals surface area contributed by atoms with Crippen molar-refractivity contribution in [1.82, 2.24) is 24.5 Å². The van der Waals surface area contributed by atoms with E-state index in [1.165, 1.54) is 0 Å². The summed E-state index contributed by atoms with van der Waals surface area (Å²) in [6.45, 7) is 4.08. The lowest BCUT2D eigenvalue weighted by molar-refractivity contribution is 0.311. The number of fused-ring (bicyclic) bond motifs is 1. The van der Waals surface area contributed by atoms with E-state index in [0.717, 1.165) is 42.2 Å². The number of rotatable bonds is 1. The highest BCUT2D eigenvalue weighted by Gasteiger charge is 2.18. The van der Waals surface area contributed by atoms with Gasteiger partial charge in [0.15, 0.2) is 5.65 Å². The van der Waals surface area contributed by atoms with E-state index < -0.39 is 0 Å². The molecule has 0 bridgehead atoms. The fourth-order valence-corrected chi connectivity index (χ4v) is 2.39. The van der Waals surface area contributed by atoms with Crippen LogP contribution in [0.2, 0.25) is 0 Å². The summed E-state index contributed by atoms with van der Waals surface area (Å²) in [6, 6.07) is 0. The van der Waals surface area contributed by atoms with Gasteiger partial charge in [0.1, 0.15) is 6.33 Å². The zero-order chi connectivity index (χ0) is 11.8. The predicted molar refractivity (Wildman–Crippen MR) is 68.2 cm³/mol. The zero-order valence-corrected chi connectivity index (χ0v) is 11.1. The first-order valence-corrected chi connectivity index (χ1v) is 6.33. The van der Waals surface area contributed by atoms with Crippen molar-refractivity contribution >= 4 is 27.5 Å². The average molecular weight is 297 g/mol. The molecule has 3 rings (SSSR count). The van der Waals surface area contributed by atoms with Crippen LogP contribution in [-0.2, 0) is 0 Å². The van der Waals surface area contributed by atoms with E-state index >= 15 is 0 Å². The van der Waals surface area contributed by atoms with Gasteiger partial charge in [0, 0.05) is 32.4 Å². The first kappa shape index (κ1) is 10.9. The molecule has 0 aliphatic carbocycles. The van der Waals surface area contributed by atoms with Gasteiger partial charge in [-0.2, -0.15) is 0 Å². The van der Waals surface area contributed by atoms with Gasteiger partial charge in [0.2, 0.25) is 5.95 Å². The maximum absolute atomic E-state index is 4.47. The molecular weight excluding hydrogens is 284 g/mol. The molecule has 0 spiro atoms. The average Bonchev–Trinajstić information content (AvgIpc) is 2.81. The Labute approximate surface area is 107 Å². The molecule has 2 aromatic rings. The highest BCUT2D eigenvalue weighted by molar-refractivity contribution is 9.10. The predicted octanol–water partition coefficient (Wildman–Crippen LogP) is 0.639. The van der Waals surface area contributed by atoms with E-state index in [-0.39, 0.29) is 0 Å². The molecular formula is C10H13BrN6. The first-order valence-electron chi connectivity index (χ1n) is 5.53. The number of anilines is 1. The van der Waals surface area contributed by atoms with Crippen molar-refractivity contribution < 1.29 is 0 Å². The molecule has 17 heavy (non-hydrogen) atoms. The van der Waals surface area contributed by atoms with Gasteiger partial charge in [-0.1, -0.05) is 0 Å². The number of likely N-dealkylation sites (N-methyl/N-ethyl adjacent to an activating group) is 1. The van der Waals surface area contributed by atoms with Crippen LogP contribution in [0.3, 0.4) is 0 Å². The van der Waals surface area contributed by atoms with Crippen LogP contribution >= 0.6 is 15.9 Å². The fourth-order valence-electron chi connectivity index (χ4n) is 2.02. The first-order chi connectivity index (χ1) is 8.25. The lowest BCUT2D eigenvalue weighted by Crippen LogP contribution is -2.45. The standard InChI is InChI=1S/C10H13BrN6/c1-15-2-4-16(5-3-15)10-12-6-8(11)9-14-13-7-17(9)10/h6-7H,2-5H2,1H3. The third-order valence-electron chi connectivity index (χ3n) is 3.06. The van der Waals surface area contributed by atoms with Gasteiger partial charge < -0.3 is 9.80 Å².